The molecule has 2 aliphatic heterocycles. The van der Waals surface area contributed by atoms with E-state index < -0.39 is 16.1 Å². The standard InChI is InChI=1S/C12H18Si2/c1-13(2)7-9-6-12-10(5-11(9)13)8-14(12,3)4/h5-6H,7-8H2,1-4H3. The SMILES string of the molecule is C[Si]1(C)Cc2cc3c(cc21)C[Si]3(C)C. The van der Waals surface area contributed by atoms with Crippen molar-refractivity contribution in [1.82, 2.24) is 0 Å². The van der Waals surface area contributed by atoms with Gasteiger partial charge in [-0.15, -0.1) is 0 Å². The molecule has 2 aliphatic rings. The second kappa shape index (κ2) is 2.25. The lowest BCUT2D eigenvalue weighted by atomic mass is 10.1. The molecule has 0 atom stereocenters. The fraction of sp³-hybridized carbons (Fsp3) is 0.500. The minimum Gasteiger partial charge on any atom is -0.0652 e. The third-order valence-corrected chi connectivity index (χ3v) is 10.4. The number of fused-ring (bicyclic) bond motifs is 2. The van der Waals surface area contributed by atoms with Gasteiger partial charge in [0.25, 0.3) is 0 Å². The molecule has 0 bridgehead atoms. The topological polar surface area (TPSA) is 0 Å². The van der Waals surface area contributed by atoms with E-state index in [1.807, 2.05) is 0 Å². The van der Waals surface area contributed by atoms with Crippen LogP contribution in [0.15, 0.2) is 12.1 Å². The van der Waals surface area contributed by atoms with Gasteiger partial charge in [-0.3, -0.25) is 0 Å². The number of hydrogen-bond donors (Lipinski definition) is 0. The average molecular weight is 218 g/mol. The van der Waals surface area contributed by atoms with E-state index in [0.717, 1.165) is 0 Å². The van der Waals surface area contributed by atoms with Gasteiger partial charge >= 0.3 is 0 Å². The van der Waals surface area contributed by atoms with Crippen LogP contribution in [0.5, 0.6) is 0 Å². The van der Waals surface area contributed by atoms with Gasteiger partial charge in [0, 0.05) is 0 Å². The molecule has 14 heavy (non-hydrogen) atoms. The molecule has 0 aliphatic carbocycles. The summed E-state index contributed by atoms with van der Waals surface area (Å²) in [5.74, 6) is 0. The smallest absolute Gasteiger partial charge is 0.0652 e. The molecular formula is C12H18Si2. The third-order valence-electron chi connectivity index (χ3n) is 4.05. The summed E-state index contributed by atoms with van der Waals surface area (Å²) in [6.07, 6.45) is 0. The average Bonchev–Trinajstić information content (AvgIpc) is 2.05. The largest absolute Gasteiger partial charge is 0.0852 e. The molecule has 0 spiro atoms. The lowest BCUT2D eigenvalue weighted by molar-refractivity contribution is 1.20. The molecule has 0 unspecified atom stereocenters. The van der Waals surface area contributed by atoms with Crippen molar-refractivity contribution >= 4 is 26.5 Å². The first-order valence-electron chi connectivity index (χ1n) is 5.57. The Hall–Kier alpha value is -0.346. The molecule has 1 aromatic rings. The molecule has 0 saturated carbocycles. The highest BCUT2D eigenvalue weighted by atomic mass is 28.3. The summed E-state index contributed by atoms with van der Waals surface area (Å²) >= 11 is 0. The van der Waals surface area contributed by atoms with Crippen LogP contribution in [-0.2, 0) is 12.1 Å². The lowest BCUT2D eigenvalue weighted by Gasteiger charge is -2.44. The van der Waals surface area contributed by atoms with E-state index in [0.29, 0.717) is 0 Å². The zero-order valence-electron chi connectivity index (χ0n) is 9.57. The maximum absolute atomic E-state index is 2.55. The van der Waals surface area contributed by atoms with Gasteiger partial charge in [0.1, 0.15) is 0 Å². The summed E-state index contributed by atoms with van der Waals surface area (Å²) in [5.41, 5.74) is 3.39. The molecule has 3 rings (SSSR count). The van der Waals surface area contributed by atoms with E-state index in [-0.39, 0.29) is 0 Å². The van der Waals surface area contributed by atoms with Crippen LogP contribution in [0.1, 0.15) is 11.1 Å². The fourth-order valence-corrected chi connectivity index (χ4v) is 8.63. The molecule has 0 saturated heterocycles. The number of rotatable bonds is 0. The van der Waals surface area contributed by atoms with Gasteiger partial charge in [-0.25, -0.2) is 0 Å². The minimum absolute atomic E-state index is 0.923. The monoisotopic (exact) mass is 218 g/mol. The van der Waals surface area contributed by atoms with Crippen LogP contribution in [0.4, 0.5) is 0 Å². The molecule has 0 radical (unpaired) electrons. The summed E-state index contributed by atoms with van der Waals surface area (Å²) in [4.78, 5) is 0. The Morgan fingerprint density at radius 3 is 1.43 bits per heavy atom. The van der Waals surface area contributed by atoms with E-state index in [1.165, 1.54) is 12.1 Å². The fourth-order valence-electron chi connectivity index (χ4n) is 3.17. The summed E-state index contributed by atoms with van der Waals surface area (Å²) in [7, 11) is -1.85. The van der Waals surface area contributed by atoms with Gasteiger partial charge in [0.2, 0.25) is 0 Å². The molecule has 0 fully saturated rings. The van der Waals surface area contributed by atoms with Gasteiger partial charge in [0.15, 0.2) is 0 Å². The molecule has 0 nitrogen and oxygen atoms in total. The second-order valence-corrected chi connectivity index (χ2v) is 15.6. The molecule has 2 heterocycles. The van der Waals surface area contributed by atoms with Crippen LogP contribution in [0.2, 0.25) is 26.2 Å². The highest BCUT2D eigenvalue weighted by molar-refractivity contribution is 6.95. The Balaban J connectivity index is 2.14. The molecule has 0 amide bonds. The maximum Gasteiger partial charge on any atom is 0.0852 e. The van der Waals surface area contributed by atoms with Crippen LogP contribution >= 0.6 is 0 Å². The number of benzene rings is 1. The minimum atomic E-state index is -0.923. The van der Waals surface area contributed by atoms with Crippen LogP contribution in [0, 0.1) is 0 Å². The van der Waals surface area contributed by atoms with Crippen molar-refractivity contribution in [2.75, 3.05) is 0 Å². The van der Waals surface area contributed by atoms with Crippen molar-refractivity contribution in [3.8, 4) is 0 Å². The first kappa shape index (κ1) is 8.92. The van der Waals surface area contributed by atoms with Crippen LogP contribution in [-0.4, -0.2) is 16.1 Å². The van der Waals surface area contributed by atoms with E-state index in [1.54, 1.807) is 21.5 Å². The molecule has 1 aromatic carbocycles. The highest BCUT2D eigenvalue weighted by Crippen LogP contribution is 2.29. The van der Waals surface area contributed by atoms with E-state index in [2.05, 4.69) is 38.3 Å². The van der Waals surface area contributed by atoms with Crippen LogP contribution in [0.25, 0.3) is 0 Å². The second-order valence-electron chi connectivity index (χ2n) is 6.29. The van der Waals surface area contributed by atoms with Crippen molar-refractivity contribution in [3.05, 3.63) is 23.3 Å². The Kier molecular flexibility index (Phi) is 1.43. The zero-order chi connectivity index (χ0) is 10.1. The number of hydrogen-bond acceptors (Lipinski definition) is 0. The summed E-state index contributed by atoms with van der Waals surface area (Å²) in [5, 5.41) is 3.53. The molecule has 0 N–H and O–H groups in total. The highest BCUT2D eigenvalue weighted by Gasteiger charge is 2.42. The molecular weight excluding hydrogens is 200 g/mol. The van der Waals surface area contributed by atoms with Crippen molar-refractivity contribution < 1.29 is 0 Å². The summed E-state index contributed by atoms with van der Waals surface area (Å²) < 4.78 is 0. The Morgan fingerprint density at radius 1 is 0.786 bits per heavy atom. The van der Waals surface area contributed by atoms with Crippen molar-refractivity contribution in [2.24, 2.45) is 0 Å². The van der Waals surface area contributed by atoms with E-state index in [9.17, 15) is 0 Å². The van der Waals surface area contributed by atoms with E-state index >= 15 is 0 Å². The maximum atomic E-state index is 2.55. The predicted molar refractivity (Wildman–Crippen MR) is 68.1 cm³/mol. The van der Waals surface area contributed by atoms with Crippen molar-refractivity contribution in [1.29, 1.82) is 0 Å². The first-order chi connectivity index (χ1) is 6.40. The third kappa shape index (κ3) is 0.933. The molecule has 2 heteroatoms. The lowest BCUT2D eigenvalue weighted by Crippen LogP contribution is -2.62. The van der Waals surface area contributed by atoms with E-state index in [4.69, 9.17) is 0 Å². The first-order valence-corrected chi connectivity index (χ1v) is 12.0. The summed E-state index contributed by atoms with van der Waals surface area (Å²) in [6.45, 7) is 10.0. The summed E-state index contributed by atoms with van der Waals surface area (Å²) in [6, 6.07) is 7.97. The van der Waals surface area contributed by atoms with Gasteiger partial charge in [-0.2, -0.15) is 0 Å². The Morgan fingerprint density at radius 2 is 1.14 bits per heavy atom. The Labute approximate surface area is 88.4 Å². The van der Waals surface area contributed by atoms with Crippen molar-refractivity contribution in [2.45, 2.75) is 38.3 Å². The molecule has 74 valence electrons. The van der Waals surface area contributed by atoms with Crippen LogP contribution < -0.4 is 10.4 Å². The van der Waals surface area contributed by atoms with Gasteiger partial charge in [-0.1, -0.05) is 59.8 Å². The molecule has 0 aromatic heterocycles. The normalized spacial score (nSPS) is 24.3. The van der Waals surface area contributed by atoms with Gasteiger partial charge in [-0.05, 0) is 12.1 Å². The van der Waals surface area contributed by atoms with Gasteiger partial charge in [0.05, 0.1) is 16.1 Å². The quantitative estimate of drug-likeness (QED) is 0.582. The van der Waals surface area contributed by atoms with Gasteiger partial charge < -0.3 is 0 Å². The van der Waals surface area contributed by atoms with Crippen LogP contribution in [0.3, 0.4) is 0 Å². The predicted octanol–water partition coefficient (Wildman–Crippen LogP) is 1.71. The zero-order valence-corrected chi connectivity index (χ0v) is 11.6. The Bertz CT molecular complexity index is 388. The van der Waals surface area contributed by atoms with Crippen molar-refractivity contribution in [3.63, 3.8) is 0 Å².